The lowest BCUT2D eigenvalue weighted by Gasteiger charge is -1.93. The molecule has 0 aromatic heterocycles. The third-order valence-corrected chi connectivity index (χ3v) is 1.49. The molecule has 0 rings (SSSR count). The van der Waals surface area contributed by atoms with Gasteiger partial charge in [0.25, 0.3) is 0 Å². The van der Waals surface area contributed by atoms with E-state index in [1.54, 1.807) is 0 Å². The molecule has 0 aliphatic carbocycles. The molecule has 0 spiro atoms. The van der Waals surface area contributed by atoms with Gasteiger partial charge in [-0.15, -0.1) is 0 Å². The summed E-state index contributed by atoms with van der Waals surface area (Å²) in [6, 6.07) is 0. The Morgan fingerprint density at radius 3 is 1.62 bits per heavy atom. The van der Waals surface area contributed by atoms with Crippen LogP contribution in [0.2, 0.25) is 0 Å². The van der Waals surface area contributed by atoms with Gasteiger partial charge >= 0.3 is 0 Å². The van der Waals surface area contributed by atoms with E-state index in [1.807, 2.05) is 27.7 Å². The summed E-state index contributed by atoms with van der Waals surface area (Å²) in [4.78, 5) is 0. The normalized spacial score (nSPS) is 10.8. The van der Waals surface area contributed by atoms with Gasteiger partial charge in [-0.2, -0.15) is 0 Å². The predicted molar refractivity (Wildman–Crippen MR) is 66.2 cm³/mol. The van der Waals surface area contributed by atoms with Gasteiger partial charge in [0.1, 0.15) is 0 Å². The highest BCUT2D eigenvalue weighted by Crippen LogP contribution is 2.03. The van der Waals surface area contributed by atoms with Gasteiger partial charge in [-0.1, -0.05) is 57.9 Å². The molecule has 80 valence electrons. The highest BCUT2D eigenvalue weighted by Gasteiger charge is 1.82. The zero-order valence-corrected chi connectivity index (χ0v) is 10.9. The second-order valence-electron chi connectivity index (χ2n) is 2.38. The predicted octanol–water partition coefficient (Wildman–Crippen LogP) is 5.36. The van der Waals surface area contributed by atoms with Crippen molar-refractivity contribution in [1.29, 1.82) is 0 Å². The average Bonchev–Trinajstić information content (AvgIpc) is 2.23. The maximum atomic E-state index is 2.22. The first kappa shape index (κ1) is 18.3. The first-order valence-corrected chi connectivity index (χ1v) is 5.50. The van der Waals surface area contributed by atoms with E-state index in [4.69, 9.17) is 0 Å². The van der Waals surface area contributed by atoms with Crippen molar-refractivity contribution >= 4 is 0 Å². The van der Waals surface area contributed by atoms with Crippen LogP contribution in [0.15, 0.2) is 23.3 Å². The summed E-state index contributed by atoms with van der Waals surface area (Å²) in [5.41, 5.74) is 2.81. The Bertz CT molecular complexity index is 127. The number of hydrogen-bond donors (Lipinski definition) is 0. The van der Waals surface area contributed by atoms with E-state index in [-0.39, 0.29) is 0 Å². The average molecular weight is 184 g/mol. The van der Waals surface area contributed by atoms with Gasteiger partial charge < -0.3 is 0 Å². The van der Waals surface area contributed by atoms with Crippen LogP contribution in [0.3, 0.4) is 0 Å². The number of allylic oxidation sites excluding steroid dienone is 4. The van der Waals surface area contributed by atoms with Crippen molar-refractivity contribution in [2.45, 2.75) is 61.8 Å². The van der Waals surface area contributed by atoms with Crippen LogP contribution in [0.1, 0.15) is 61.8 Å². The highest BCUT2D eigenvalue weighted by molar-refractivity contribution is 5.19. The lowest BCUT2D eigenvalue weighted by molar-refractivity contribution is 1.09. The Kier molecular flexibility index (Phi) is 24.7. The molecule has 0 atom stereocenters. The van der Waals surface area contributed by atoms with E-state index in [1.165, 1.54) is 11.1 Å². The molecule has 0 radical (unpaired) electrons. The fraction of sp³-hybridized carbons (Fsp3) is 0.692. The molecule has 0 aromatic rings. The summed E-state index contributed by atoms with van der Waals surface area (Å²) in [6.07, 6.45) is 5.50. The van der Waals surface area contributed by atoms with Crippen LogP contribution in [0.5, 0.6) is 0 Å². The molecule has 13 heavy (non-hydrogen) atoms. The minimum atomic E-state index is 1.16. The van der Waals surface area contributed by atoms with Gasteiger partial charge in [0, 0.05) is 0 Å². The molecule has 0 aliphatic rings. The SMILES string of the molecule is C/C=C(C)\C=C(\C)CC.CC.CC. The van der Waals surface area contributed by atoms with Gasteiger partial charge in [-0.3, -0.25) is 0 Å². The molecule has 0 heterocycles. The molecule has 0 heteroatoms. The Morgan fingerprint density at radius 1 is 1.00 bits per heavy atom. The van der Waals surface area contributed by atoms with Gasteiger partial charge in [0.15, 0.2) is 0 Å². The molecule has 0 N–H and O–H groups in total. The minimum Gasteiger partial charge on any atom is -0.0847 e. The zero-order chi connectivity index (χ0) is 11.3. The maximum Gasteiger partial charge on any atom is -0.0348 e. The van der Waals surface area contributed by atoms with Crippen LogP contribution in [0, 0.1) is 0 Å². The molecule has 0 bridgehead atoms. The van der Waals surface area contributed by atoms with E-state index >= 15 is 0 Å². The molecule has 0 unspecified atom stereocenters. The van der Waals surface area contributed by atoms with Crippen molar-refractivity contribution in [3.8, 4) is 0 Å². The van der Waals surface area contributed by atoms with Gasteiger partial charge in [0.2, 0.25) is 0 Å². The fourth-order valence-electron chi connectivity index (χ4n) is 0.574. The molecular formula is C13H28. The Balaban J connectivity index is -0.000000218. The quantitative estimate of drug-likeness (QED) is 0.507. The van der Waals surface area contributed by atoms with Crippen molar-refractivity contribution in [3.05, 3.63) is 23.3 Å². The van der Waals surface area contributed by atoms with Crippen LogP contribution in [0.25, 0.3) is 0 Å². The molecule has 0 nitrogen and oxygen atoms in total. The molecule has 0 aromatic carbocycles. The maximum absolute atomic E-state index is 2.22. The van der Waals surface area contributed by atoms with Crippen LogP contribution in [-0.2, 0) is 0 Å². The van der Waals surface area contributed by atoms with Crippen molar-refractivity contribution < 1.29 is 0 Å². The van der Waals surface area contributed by atoms with Crippen molar-refractivity contribution in [2.75, 3.05) is 0 Å². The topological polar surface area (TPSA) is 0 Å². The molecule has 0 saturated carbocycles. The Morgan fingerprint density at radius 2 is 1.38 bits per heavy atom. The van der Waals surface area contributed by atoms with Crippen LogP contribution >= 0.6 is 0 Å². The first-order chi connectivity index (χ1) is 6.20. The Hall–Kier alpha value is -0.520. The van der Waals surface area contributed by atoms with Crippen LogP contribution in [-0.4, -0.2) is 0 Å². The van der Waals surface area contributed by atoms with Crippen molar-refractivity contribution in [1.82, 2.24) is 0 Å². The monoisotopic (exact) mass is 184 g/mol. The molecule has 0 amide bonds. The van der Waals surface area contributed by atoms with Gasteiger partial charge in [-0.25, -0.2) is 0 Å². The summed E-state index contributed by atoms with van der Waals surface area (Å²) < 4.78 is 0. The Labute approximate surface area is 85.8 Å². The summed E-state index contributed by atoms with van der Waals surface area (Å²) in [5.74, 6) is 0. The van der Waals surface area contributed by atoms with Gasteiger partial charge in [0.05, 0.1) is 0 Å². The van der Waals surface area contributed by atoms with E-state index in [0.717, 1.165) is 6.42 Å². The van der Waals surface area contributed by atoms with Crippen molar-refractivity contribution in [2.24, 2.45) is 0 Å². The molecule has 0 fully saturated rings. The third-order valence-electron chi connectivity index (χ3n) is 1.49. The van der Waals surface area contributed by atoms with Crippen LogP contribution < -0.4 is 0 Å². The van der Waals surface area contributed by atoms with E-state index in [2.05, 4.69) is 39.8 Å². The molecule has 0 saturated heterocycles. The lowest BCUT2D eigenvalue weighted by atomic mass is 10.1. The molecular weight excluding hydrogens is 156 g/mol. The second-order valence-corrected chi connectivity index (χ2v) is 2.38. The van der Waals surface area contributed by atoms with Gasteiger partial charge in [-0.05, 0) is 27.2 Å². The molecule has 0 aliphatic heterocycles. The number of rotatable bonds is 2. The summed E-state index contributed by atoms with van der Waals surface area (Å²) >= 11 is 0. The summed E-state index contributed by atoms with van der Waals surface area (Å²) in [6.45, 7) is 16.5. The standard InChI is InChI=1S/C9H16.2C2H6/c1-5-8(3)7-9(4)6-2;2*1-2/h5,7H,6H2,1-4H3;2*1-2H3/b8-5-,9-7-;;. The van der Waals surface area contributed by atoms with E-state index in [9.17, 15) is 0 Å². The summed E-state index contributed by atoms with van der Waals surface area (Å²) in [7, 11) is 0. The fourth-order valence-corrected chi connectivity index (χ4v) is 0.574. The lowest BCUT2D eigenvalue weighted by Crippen LogP contribution is -1.72. The first-order valence-electron chi connectivity index (χ1n) is 5.50. The van der Waals surface area contributed by atoms with Crippen LogP contribution in [0.4, 0.5) is 0 Å². The van der Waals surface area contributed by atoms with E-state index in [0.29, 0.717) is 0 Å². The number of hydrogen-bond acceptors (Lipinski definition) is 0. The third kappa shape index (κ3) is 18.4. The highest BCUT2D eigenvalue weighted by atomic mass is 13.9. The largest absolute Gasteiger partial charge is 0.0847 e. The van der Waals surface area contributed by atoms with E-state index < -0.39 is 0 Å². The smallest absolute Gasteiger partial charge is 0.0348 e. The summed E-state index contributed by atoms with van der Waals surface area (Å²) in [5, 5.41) is 0. The zero-order valence-electron chi connectivity index (χ0n) is 10.9. The minimum absolute atomic E-state index is 1.16. The van der Waals surface area contributed by atoms with Crippen molar-refractivity contribution in [3.63, 3.8) is 0 Å². The second kappa shape index (κ2) is 17.5.